The summed E-state index contributed by atoms with van der Waals surface area (Å²) in [7, 11) is 0. The average molecular weight is 473 g/mol. The number of nitrogens with one attached hydrogen (secondary N) is 2. The lowest BCUT2D eigenvalue weighted by atomic mass is 9.96. The first-order chi connectivity index (χ1) is 14.3. The molecule has 2 aromatic rings. The zero-order valence-electron chi connectivity index (χ0n) is 16.1. The van der Waals surface area contributed by atoms with Gasteiger partial charge in [0.15, 0.2) is 0 Å². The minimum Gasteiger partial charge on any atom is -0.352 e. The molecule has 2 aromatic carbocycles. The van der Waals surface area contributed by atoms with Crippen LogP contribution in [0.15, 0.2) is 36.4 Å². The molecular weight excluding hydrogens is 452 g/mol. The van der Waals surface area contributed by atoms with Crippen LogP contribution in [0.25, 0.3) is 0 Å². The van der Waals surface area contributed by atoms with Gasteiger partial charge in [-0.25, -0.2) is 4.39 Å². The van der Waals surface area contributed by atoms with Gasteiger partial charge in [0.05, 0.1) is 22.3 Å². The van der Waals surface area contributed by atoms with Crippen LogP contribution in [-0.4, -0.2) is 36.3 Å². The molecule has 0 bridgehead atoms. The molecule has 3 rings (SSSR count). The zero-order chi connectivity index (χ0) is 21.7. The highest BCUT2D eigenvalue weighted by Gasteiger charge is 2.26. The van der Waals surface area contributed by atoms with Crippen LogP contribution in [0.4, 0.5) is 10.1 Å². The van der Waals surface area contributed by atoms with Gasteiger partial charge in [-0.15, -0.1) is 0 Å². The van der Waals surface area contributed by atoms with Gasteiger partial charge >= 0.3 is 0 Å². The molecule has 0 spiro atoms. The van der Waals surface area contributed by atoms with Crippen LogP contribution in [0.1, 0.15) is 18.4 Å². The van der Waals surface area contributed by atoms with E-state index in [1.807, 2.05) is 4.90 Å². The largest absolute Gasteiger partial charge is 0.352 e. The first-order valence-corrected chi connectivity index (χ1v) is 10.6. The zero-order valence-corrected chi connectivity index (χ0v) is 18.3. The van der Waals surface area contributed by atoms with E-state index in [9.17, 15) is 14.0 Å². The van der Waals surface area contributed by atoms with E-state index in [0.29, 0.717) is 43.2 Å². The van der Waals surface area contributed by atoms with Gasteiger partial charge in [0, 0.05) is 17.5 Å². The first kappa shape index (κ1) is 22.8. The van der Waals surface area contributed by atoms with E-state index in [-0.39, 0.29) is 40.1 Å². The average Bonchev–Trinajstić information content (AvgIpc) is 2.70. The number of amides is 2. The second-order valence-electron chi connectivity index (χ2n) is 7.19. The molecule has 30 heavy (non-hydrogen) atoms. The summed E-state index contributed by atoms with van der Waals surface area (Å²) in [6.45, 7) is 1.80. The Morgan fingerprint density at radius 2 is 1.63 bits per heavy atom. The summed E-state index contributed by atoms with van der Waals surface area (Å²) < 4.78 is 12.9. The minimum atomic E-state index is -0.304. The van der Waals surface area contributed by atoms with Crippen molar-refractivity contribution >= 4 is 52.3 Å². The van der Waals surface area contributed by atoms with Crippen molar-refractivity contribution in [3.63, 3.8) is 0 Å². The van der Waals surface area contributed by atoms with Crippen molar-refractivity contribution in [2.45, 2.75) is 19.4 Å². The van der Waals surface area contributed by atoms with Crippen molar-refractivity contribution in [1.29, 1.82) is 0 Å². The van der Waals surface area contributed by atoms with Gasteiger partial charge in [-0.2, -0.15) is 0 Å². The van der Waals surface area contributed by atoms with E-state index in [4.69, 9.17) is 34.8 Å². The van der Waals surface area contributed by atoms with Crippen LogP contribution >= 0.6 is 34.8 Å². The molecule has 1 saturated heterocycles. The number of carbonyl (C=O) groups is 2. The Kier molecular flexibility index (Phi) is 7.94. The number of hydrogen-bond donors (Lipinski definition) is 2. The second-order valence-corrected chi connectivity index (χ2v) is 8.44. The van der Waals surface area contributed by atoms with Crippen LogP contribution in [0.2, 0.25) is 15.1 Å². The fourth-order valence-corrected chi connectivity index (χ4v) is 4.24. The van der Waals surface area contributed by atoms with Gasteiger partial charge in [-0.05, 0) is 55.8 Å². The van der Waals surface area contributed by atoms with Crippen LogP contribution in [-0.2, 0) is 16.1 Å². The first-order valence-electron chi connectivity index (χ1n) is 9.50. The SMILES string of the molecule is O=C(CN1CCC(C(=O)NCc2ccc(F)cc2)CC1)Nc1c(Cl)cc(Cl)cc1Cl. The fourth-order valence-electron chi connectivity index (χ4n) is 3.33. The molecule has 0 radical (unpaired) electrons. The highest BCUT2D eigenvalue weighted by Crippen LogP contribution is 2.33. The Morgan fingerprint density at radius 1 is 1.03 bits per heavy atom. The van der Waals surface area contributed by atoms with Gasteiger partial charge in [-0.3, -0.25) is 14.5 Å². The molecule has 1 aliphatic rings. The number of anilines is 1. The summed E-state index contributed by atoms with van der Waals surface area (Å²) in [5.41, 5.74) is 1.18. The molecule has 1 heterocycles. The highest BCUT2D eigenvalue weighted by molar-refractivity contribution is 6.42. The van der Waals surface area contributed by atoms with Crippen molar-refractivity contribution in [3.8, 4) is 0 Å². The van der Waals surface area contributed by atoms with E-state index in [0.717, 1.165) is 5.56 Å². The monoisotopic (exact) mass is 471 g/mol. The molecule has 160 valence electrons. The molecule has 0 unspecified atom stereocenters. The predicted octanol–water partition coefficient (Wildman–Crippen LogP) is 4.75. The van der Waals surface area contributed by atoms with E-state index >= 15 is 0 Å². The predicted molar refractivity (Wildman–Crippen MR) is 118 cm³/mol. The van der Waals surface area contributed by atoms with E-state index in [1.165, 1.54) is 24.3 Å². The van der Waals surface area contributed by atoms with Crippen LogP contribution in [0.3, 0.4) is 0 Å². The van der Waals surface area contributed by atoms with E-state index in [2.05, 4.69) is 10.6 Å². The smallest absolute Gasteiger partial charge is 0.238 e. The Labute approximate surface area is 189 Å². The number of halogens is 4. The van der Waals surface area contributed by atoms with Crippen molar-refractivity contribution in [1.82, 2.24) is 10.2 Å². The van der Waals surface area contributed by atoms with Gasteiger partial charge in [0.2, 0.25) is 11.8 Å². The number of piperidine rings is 1. The van der Waals surface area contributed by atoms with E-state index in [1.54, 1.807) is 12.1 Å². The molecule has 9 heteroatoms. The third-order valence-corrected chi connectivity index (χ3v) is 5.79. The van der Waals surface area contributed by atoms with Gasteiger partial charge in [0.1, 0.15) is 5.82 Å². The van der Waals surface area contributed by atoms with Crippen LogP contribution < -0.4 is 10.6 Å². The van der Waals surface area contributed by atoms with Crippen LogP contribution in [0.5, 0.6) is 0 Å². The second kappa shape index (κ2) is 10.4. The Morgan fingerprint density at radius 3 is 2.23 bits per heavy atom. The van der Waals surface area contributed by atoms with Gasteiger partial charge < -0.3 is 10.6 Å². The highest BCUT2D eigenvalue weighted by atomic mass is 35.5. The molecule has 0 aliphatic carbocycles. The number of benzene rings is 2. The summed E-state index contributed by atoms with van der Waals surface area (Å²) in [6, 6.07) is 9.07. The summed E-state index contributed by atoms with van der Waals surface area (Å²) in [6.07, 6.45) is 1.32. The van der Waals surface area contributed by atoms with Gasteiger partial charge in [0.25, 0.3) is 0 Å². The van der Waals surface area contributed by atoms with E-state index < -0.39 is 0 Å². The molecule has 1 aliphatic heterocycles. The number of rotatable bonds is 6. The lowest BCUT2D eigenvalue weighted by Gasteiger charge is -2.30. The number of hydrogen-bond acceptors (Lipinski definition) is 3. The summed E-state index contributed by atoms with van der Waals surface area (Å²) >= 11 is 18.1. The Balaban J connectivity index is 1.43. The van der Waals surface area contributed by atoms with Crippen molar-refractivity contribution in [2.75, 3.05) is 25.0 Å². The third kappa shape index (κ3) is 6.32. The van der Waals surface area contributed by atoms with Crippen molar-refractivity contribution in [3.05, 3.63) is 62.8 Å². The number of carbonyl (C=O) groups excluding carboxylic acids is 2. The van der Waals surface area contributed by atoms with Gasteiger partial charge in [-0.1, -0.05) is 46.9 Å². The molecular formula is C21H21Cl3FN3O2. The Bertz CT molecular complexity index is 893. The normalized spacial score (nSPS) is 15.1. The lowest BCUT2D eigenvalue weighted by Crippen LogP contribution is -2.43. The van der Waals surface area contributed by atoms with Crippen LogP contribution in [0, 0.1) is 11.7 Å². The Hall–Kier alpha value is -1.86. The maximum absolute atomic E-state index is 12.9. The van der Waals surface area contributed by atoms with Crippen molar-refractivity contribution < 1.29 is 14.0 Å². The van der Waals surface area contributed by atoms with Crippen molar-refractivity contribution in [2.24, 2.45) is 5.92 Å². The number of nitrogens with zero attached hydrogens (tertiary/aromatic N) is 1. The molecule has 1 fully saturated rings. The topological polar surface area (TPSA) is 61.4 Å². The third-order valence-electron chi connectivity index (χ3n) is 4.98. The molecule has 0 atom stereocenters. The molecule has 0 aromatic heterocycles. The number of likely N-dealkylation sites (tertiary alicyclic amines) is 1. The molecule has 2 amide bonds. The minimum absolute atomic E-state index is 0.0249. The lowest BCUT2D eigenvalue weighted by molar-refractivity contribution is -0.126. The maximum atomic E-state index is 12.9. The summed E-state index contributed by atoms with van der Waals surface area (Å²) in [5.74, 6) is -0.671. The molecule has 5 nitrogen and oxygen atoms in total. The maximum Gasteiger partial charge on any atom is 0.238 e. The summed E-state index contributed by atoms with van der Waals surface area (Å²) in [5, 5.41) is 6.56. The standard InChI is InChI=1S/C21H21Cl3FN3O2/c22-15-9-17(23)20(18(24)10-15)27-19(29)12-28-7-5-14(6-8-28)21(30)26-11-13-1-3-16(25)4-2-13/h1-4,9-10,14H,5-8,11-12H2,(H,26,30)(H,27,29). The molecule has 0 saturated carbocycles. The molecule has 2 N–H and O–H groups in total. The quantitative estimate of drug-likeness (QED) is 0.638. The fraction of sp³-hybridized carbons (Fsp3) is 0.333. The summed E-state index contributed by atoms with van der Waals surface area (Å²) in [4.78, 5) is 26.7.